The molecule has 0 bridgehead atoms. The van der Waals surface area contributed by atoms with Gasteiger partial charge in [0.15, 0.2) is 0 Å². The lowest BCUT2D eigenvalue weighted by atomic mass is 10.2. The number of hydrogen-bond donors (Lipinski definition) is 2. The van der Waals surface area contributed by atoms with E-state index >= 15 is 0 Å². The Morgan fingerprint density at radius 1 is 1.12 bits per heavy atom. The van der Waals surface area contributed by atoms with Crippen LogP contribution in [0.25, 0.3) is 10.6 Å². The second-order valence-corrected chi connectivity index (χ2v) is 6.21. The van der Waals surface area contributed by atoms with E-state index in [2.05, 4.69) is 25.8 Å². The first-order chi connectivity index (χ1) is 11.6. The number of amides is 2. The maximum Gasteiger partial charge on any atom is 0.315 e. The Bertz CT molecular complexity index is 809. The average Bonchev–Trinajstić information content (AvgIpc) is 3.19. The molecule has 0 saturated heterocycles. The van der Waals surface area contributed by atoms with Gasteiger partial charge in [0, 0.05) is 5.56 Å². The van der Waals surface area contributed by atoms with Crippen molar-refractivity contribution < 1.29 is 9.21 Å². The van der Waals surface area contributed by atoms with Gasteiger partial charge in [-0.25, -0.2) is 9.78 Å². The van der Waals surface area contributed by atoms with Gasteiger partial charge in [-0.1, -0.05) is 41.7 Å². The number of hydrogen-bond acceptors (Lipinski definition) is 6. The van der Waals surface area contributed by atoms with Crippen LogP contribution in [0.1, 0.15) is 22.4 Å². The van der Waals surface area contributed by atoms with Gasteiger partial charge in [0.2, 0.25) is 5.89 Å². The van der Waals surface area contributed by atoms with Gasteiger partial charge in [0.05, 0.1) is 18.8 Å². The molecule has 0 fully saturated rings. The highest BCUT2D eigenvalue weighted by atomic mass is 32.1. The molecule has 0 saturated carbocycles. The Morgan fingerprint density at radius 3 is 2.58 bits per heavy atom. The van der Waals surface area contributed by atoms with Gasteiger partial charge in [0.1, 0.15) is 15.8 Å². The number of carbonyl (C=O) groups is 1. The molecular formula is C16H17N5O2S. The zero-order valence-corrected chi connectivity index (χ0v) is 14.2. The van der Waals surface area contributed by atoms with Crippen molar-refractivity contribution in [2.24, 2.45) is 0 Å². The minimum atomic E-state index is -0.306. The Kier molecular flexibility index (Phi) is 4.85. The van der Waals surface area contributed by atoms with Gasteiger partial charge in [-0.15, -0.1) is 10.2 Å². The normalized spacial score (nSPS) is 10.6. The Balaban J connectivity index is 1.49. The first-order valence-corrected chi connectivity index (χ1v) is 8.26. The van der Waals surface area contributed by atoms with Gasteiger partial charge in [0.25, 0.3) is 0 Å². The zero-order chi connectivity index (χ0) is 16.9. The Morgan fingerprint density at radius 2 is 1.88 bits per heavy atom. The summed E-state index contributed by atoms with van der Waals surface area (Å²) < 4.78 is 5.41. The smallest absolute Gasteiger partial charge is 0.315 e. The molecule has 2 amide bonds. The van der Waals surface area contributed by atoms with Crippen LogP contribution in [0.4, 0.5) is 4.79 Å². The summed E-state index contributed by atoms with van der Waals surface area (Å²) >= 11 is 1.45. The maximum absolute atomic E-state index is 11.8. The van der Waals surface area contributed by atoms with Crippen molar-refractivity contribution in [1.29, 1.82) is 0 Å². The van der Waals surface area contributed by atoms with E-state index in [1.54, 1.807) is 0 Å². The Labute approximate surface area is 143 Å². The van der Waals surface area contributed by atoms with Crippen LogP contribution in [0.2, 0.25) is 0 Å². The van der Waals surface area contributed by atoms with Gasteiger partial charge in [-0.2, -0.15) is 0 Å². The second kappa shape index (κ2) is 7.22. The van der Waals surface area contributed by atoms with Crippen LogP contribution in [-0.4, -0.2) is 21.2 Å². The quantitative estimate of drug-likeness (QED) is 0.743. The number of rotatable bonds is 5. The molecule has 2 N–H and O–H groups in total. The fourth-order valence-corrected chi connectivity index (χ4v) is 2.80. The summed E-state index contributed by atoms with van der Waals surface area (Å²) in [6, 6.07) is 9.51. The Hall–Kier alpha value is -2.74. The minimum Gasteiger partial charge on any atom is -0.444 e. The van der Waals surface area contributed by atoms with Gasteiger partial charge < -0.3 is 15.1 Å². The van der Waals surface area contributed by atoms with Crippen LogP contribution in [0.5, 0.6) is 0 Å². The number of nitrogens with one attached hydrogen (secondary N) is 2. The molecule has 3 aromatic rings. The molecule has 0 aliphatic carbocycles. The van der Waals surface area contributed by atoms with Crippen molar-refractivity contribution in [3.8, 4) is 10.6 Å². The van der Waals surface area contributed by atoms with Crippen LogP contribution in [0, 0.1) is 13.8 Å². The van der Waals surface area contributed by atoms with Crippen LogP contribution < -0.4 is 10.6 Å². The monoisotopic (exact) mass is 343 g/mol. The minimum absolute atomic E-state index is 0.242. The SMILES string of the molecule is Cc1nc(CNC(=O)NCc2nnc(-c3ccccc3)s2)oc1C. The molecule has 0 spiro atoms. The maximum atomic E-state index is 11.8. The molecule has 0 atom stereocenters. The first kappa shape index (κ1) is 16.1. The number of urea groups is 1. The highest BCUT2D eigenvalue weighted by molar-refractivity contribution is 7.14. The van der Waals surface area contributed by atoms with E-state index in [0.29, 0.717) is 12.4 Å². The highest BCUT2D eigenvalue weighted by Gasteiger charge is 2.09. The van der Waals surface area contributed by atoms with E-state index in [1.807, 2.05) is 44.2 Å². The lowest BCUT2D eigenvalue weighted by molar-refractivity contribution is 0.238. The largest absolute Gasteiger partial charge is 0.444 e. The van der Waals surface area contributed by atoms with Crippen molar-refractivity contribution in [2.45, 2.75) is 26.9 Å². The first-order valence-electron chi connectivity index (χ1n) is 7.44. The van der Waals surface area contributed by atoms with Crippen molar-refractivity contribution in [2.75, 3.05) is 0 Å². The third-order valence-corrected chi connectivity index (χ3v) is 4.33. The molecule has 2 heterocycles. The van der Waals surface area contributed by atoms with Crippen LogP contribution in [0.15, 0.2) is 34.7 Å². The molecule has 7 nitrogen and oxygen atoms in total. The van der Waals surface area contributed by atoms with Gasteiger partial charge in [-0.3, -0.25) is 0 Å². The summed E-state index contributed by atoms with van der Waals surface area (Å²) in [5.41, 5.74) is 1.84. The number of aryl methyl sites for hydroxylation is 2. The average molecular weight is 343 g/mol. The highest BCUT2D eigenvalue weighted by Crippen LogP contribution is 2.22. The third kappa shape index (κ3) is 3.96. The molecule has 0 aliphatic rings. The molecular weight excluding hydrogens is 326 g/mol. The molecule has 24 heavy (non-hydrogen) atoms. The van der Waals surface area contributed by atoms with Crippen LogP contribution in [-0.2, 0) is 13.1 Å². The fourth-order valence-electron chi connectivity index (χ4n) is 2.01. The molecule has 3 rings (SSSR count). The molecule has 0 aliphatic heterocycles. The third-order valence-electron chi connectivity index (χ3n) is 3.36. The van der Waals surface area contributed by atoms with Crippen molar-refractivity contribution in [1.82, 2.24) is 25.8 Å². The van der Waals surface area contributed by atoms with Gasteiger partial charge >= 0.3 is 6.03 Å². The number of aromatic nitrogens is 3. The zero-order valence-electron chi connectivity index (χ0n) is 13.4. The predicted molar refractivity (Wildman–Crippen MR) is 90.4 cm³/mol. The predicted octanol–water partition coefficient (Wildman–Crippen LogP) is 2.81. The molecule has 1 aromatic carbocycles. The van der Waals surface area contributed by atoms with Crippen molar-refractivity contribution >= 4 is 17.4 Å². The summed E-state index contributed by atoms with van der Waals surface area (Å²) in [6.45, 7) is 4.26. The van der Waals surface area contributed by atoms with E-state index in [1.165, 1.54) is 11.3 Å². The van der Waals surface area contributed by atoms with E-state index in [-0.39, 0.29) is 12.6 Å². The number of benzene rings is 1. The number of carbonyl (C=O) groups excluding carboxylic acids is 1. The molecule has 0 unspecified atom stereocenters. The molecule has 2 aromatic heterocycles. The number of oxazole rings is 1. The number of nitrogens with zero attached hydrogens (tertiary/aromatic N) is 3. The summed E-state index contributed by atoms with van der Waals surface area (Å²) in [7, 11) is 0. The van der Waals surface area contributed by atoms with Crippen LogP contribution in [0.3, 0.4) is 0 Å². The van der Waals surface area contributed by atoms with Gasteiger partial charge in [-0.05, 0) is 13.8 Å². The van der Waals surface area contributed by atoms with E-state index in [9.17, 15) is 4.79 Å². The summed E-state index contributed by atoms with van der Waals surface area (Å²) in [4.78, 5) is 16.0. The van der Waals surface area contributed by atoms with E-state index in [4.69, 9.17) is 4.42 Å². The van der Waals surface area contributed by atoms with E-state index in [0.717, 1.165) is 27.0 Å². The van der Waals surface area contributed by atoms with Crippen molar-refractivity contribution in [3.05, 3.63) is 52.7 Å². The lowest BCUT2D eigenvalue weighted by Gasteiger charge is -2.03. The molecule has 8 heteroatoms. The second-order valence-electron chi connectivity index (χ2n) is 5.15. The van der Waals surface area contributed by atoms with Crippen LogP contribution >= 0.6 is 11.3 Å². The summed E-state index contributed by atoms with van der Waals surface area (Å²) in [5.74, 6) is 1.25. The topological polar surface area (TPSA) is 92.9 Å². The van der Waals surface area contributed by atoms with Crippen molar-refractivity contribution in [3.63, 3.8) is 0 Å². The van der Waals surface area contributed by atoms with E-state index < -0.39 is 0 Å². The standard InChI is InChI=1S/C16H17N5O2S/c1-10-11(2)23-13(19-10)8-17-16(22)18-9-14-20-21-15(24-14)12-6-4-3-5-7-12/h3-7H,8-9H2,1-2H3,(H2,17,18,22). The molecule has 124 valence electrons. The summed E-state index contributed by atoms with van der Waals surface area (Å²) in [6.07, 6.45) is 0. The summed E-state index contributed by atoms with van der Waals surface area (Å²) in [5, 5.41) is 15.3. The fraction of sp³-hybridized carbons (Fsp3) is 0.250. The molecule has 0 radical (unpaired) electrons. The lowest BCUT2D eigenvalue weighted by Crippen LogP contribution is -2.34.